The molecule has 0 saturated carbocycles. The first-order valence-electron chi connectivity index (χ1n) is 4.83. The van der Waals surface area contributed by atoms with Crippen LogP contribution in [0.3, 0.4) is 0 Å². The third-order valence-electron chi connectivity index (χ3n) is 2.40. The highest BCUT2D eigenvalue weighted by Gasteiger charge is 2.14. The molecule has 0 aliphatic carbocycles. The molecule has 3 nitrogen and oxygen atoms in total. The fourth-order valence-electron chi connectivity index (χ4n) is 1.36. The van der Waals surface area contributed by atoms with Gasteiger partial charge in [-0.15, -0.1) is 0 Å². The summed E-state index contributed by atoms with van der Waals surface area (Å²) in [5, 5.41) is 9.63. The van der Waals surface area contributed by atoms with E-state index in [1.165, 1.54) is 0 Å². The van der Waals surface area contributed by atoms with Gasteiger partial charge < -0.3 is 16.6 Å². The van der Waals surface area contributed by atoms with Crippen LogP contribution in [0.4, 0.5) is 0 Å². The lowest BCUT2D eigenvalue weighted by atomic mass is 9.95. The second-order valence-corrected chi connectivity index (χ2v) is 3.87. The Morgan fingerprint density at radius 1 is 1.36 bits per heavy atom. The molecule has 1 aromatic carbocycles. The van der Waals surface area contributed by atoms with E-state index in [2.05, 4.69) is 0 Å². The maximum absolute atomic E-state index is 9.63. The summed E-state index contributed by atoms with van der Waals surface area (Å²) >= 11 is 0. The molecule has 3 heteroatoms. The molecule has 0 unspecified atom stereocenters. The second-order valence-electron chi connectivity index (χ2n) is 3.87. The molecule has 0 saturated heterocycles. The molecule has 1 rings (SSSR count). The van der Waals surface area contributed by atoms with Crippen LogP contribution in [-0.2, 0) is 6.54 Å². The van der Waals surface area contributed by atoms with Crippen molar-refractivity contribution in [1.29, 1.82) is 0 Å². The molecule has 0 radical (unpaired) electrons. The van der Waals surface area contributed by atoms with Crippen LogP contribution in [-0.4, -0.2) is 5.11 Å². The van der Waals surface area contributed by atoms with E-state index in [1.54, 1.807) is 6.07 Å². The molecule has 0 heterocycles. The molecule has 0 aromatic heterocycles. The highest BCUT2D eigenvalue weighted by atomic mass is 16.3. The first kappa shape index (κ1) is 11.0. The molecule has 1 aromatic rings. The van der Waals surface area contributed by atoms with E-state index in [0.717, 1.165) is 11.1 Å². The molecule has 0 aliphatic rings. The number of benzene rings is 1. The zero-order valence-electron chi connectivity index (χ0n) is 8.70. The summed E-state index contributed by atoms with van der Waals surface area (Å²) in [7, 11) is 0. The highest BCUT2D eigenvalue weighted by molar-refractivity contribution is 5.38. The second kappa shape index (κ2) is 4.44. The number of phenols is 1. The number of hydrogen-bond donors (Lipinski definition) is 3. The molecule has 14 heavy (non-hydrogen) atoms. The molecule has 78 valence electrons. The van der Waals surface area contributed by atoms with Gasteiger partial charge in [0.25, 0.3) is 0 Å². The van der Waals surface area contributed by atoms with Gasteiger partial charge in [-0.25, -0.2) is 0 Å². The van der Waals surface area contributed by atoms with Crippen LogP contribution in [0.2, 0.25) is 0 Å². The monoisotopic (exact) mass is 194 g/mol. The summed E-state index contributed by atoms with van der Waals surface area (Å²) < 4.78 is 0. The van der Waals surface area contributed by atoms with Gasteiger partial charge in [0.1, 0.15) is 5.75 Å². The average Bonchev–Trinajstić information content (AvgIpc) is 2.17. The Morgan fingerprint density at radius 2 is 2.00 bits per heavy atom. The maximum Gasteiger partial charge on any atom is 0.120 e. The van der Waals surface area contributed by atoms with Gasteiger partial charge in [0, 0.05) is 18.2 Å². The summed E-state index contributed by atoms with van der Waals surface area (Å²) in [6, 6.07) is 5.20. The van der Waals surface area contributed by atoms with Crippen LogP contribution >= 0.6 is 0 Å². The van der Waals surface area contributed by atoms with E-state index in [1.807, 2.05) is 26.0 Å². The van der Waals surface area contributed by atoms with Crippen LogP contribution in [0.5, 0.6) is 5.75 Å². The SMILES string of the molecule is CC(C)[C@@H](N)c1cc(CN)ccc1O. The Labute approximate surface area is 84.7 Å². The van der Waals surface area contributed by atoms with Crippen LogP contribution in [0.1, 0.15) is 31.0 Å². The van der Waals surface area contributed by atoms with Crippen LogP contribution in [0, 0.1) is 5.92 Å². The number of phenolic OH excluding ortho intramolecular Hbond substituents is 1. The van der Waals surface area contributed by atoms with Crippen molar-refractivity contribution in [3.63, 3.8) is 0 Å². The van der Waals surface area contributed by atoms with E-state index in [4.69, 9.17) is 11.5 Å². The predicted molar refractivity (Wildman–Crippen MR) is 57.8 cm³/mol. The topological polar surface area (TPSA) is 72.3 Å². The van der Waals surface area contributed by atoms with E-state index < -0.39 is 0 Å². The third kappa shape index (κ3) is 2.25. The van der Waals surface area contributed by atoms with Crippen molar-refractivity contribution in [2.75, 3.05) is 0 Å². The quantitative estimate of drug-likeness (QED) is 0.683. The summed E-state index contributed by atoms with van der Waals surface area (Å²) in [4.78, 5) is 0. The highest BCUT2D eigenvalue weighted by Crippen LogP contribution is 2.28. The lowest BCUT2D eigenvalue weighted by Crippen LogP contribution is -2.17. The van der Waals surface area contributed by atoms with Gasteiger partial charge in [-0.05, 0) is 23.6 Å². The normalized spacial score (nSPS) is 13.2. The van der Waals surface area contributed by atoms with Crippen LogP contribution in [0.25, 0.3) is 0 Å². The minimum atomic E-state index is -0.138. The van der Waals surface area contributed by atoms with Crippen molar-refractivity contribution >= 4 is 0 Å². The number of rotatable bonds is 3. The minimum Gasteiger partial charge on any atom is -0.508 e. The molecule has 0 amide bonds. The Bertz CT molecular complexity index is 310. The van der Waals surface area contributed by atoms with Gasteiger partial charge in [-0.3, -0.25) is 0 Å². The van der Waals surface area contributed by atoms with Gasteiger partial charge >= 0.3 is 0 Å². The standard InChI is InChI=1S/C11H18N2O/c1-7(2)11(13)9-5-8(6-12)3-4-10(9)14/h3-5,7,11,14H,6,12-13H2,1-2H3/t11-/m1/s1. The summed E-state index contributed by atoms with van der Waals surface area (Å²) in [5.41, 5.74) is 13.3. The van der Waals surface area contributed by atoms with E-state index in [0.29, 0.717) is 12.5 Å². The fourth-order valence-corrected chi connectivity index (χ4v) is 1.36. The van der Waals surface area contributed by atoms with Crippen molar-refractivity contribution < 1.29 is 5.11 Å². The van der Waals surface area contributed by atoms with Gasteiger partial charge in [-0.1, -0.05) is 19.9 Å². The molecule has 0 bridgehead atoms. The van der Waals surface area contributed by atoms with E-state index in [-0.39, 0.29) is 11.8 Å². The third-order valence-corrected chi connectivity index (χ3v) is 2.40. The van der Waals surface area contributed by atoms with Gasteiger partial charge in [0.2, 0.25) is 0 Å². The molecule has 0 fully saturated rings. The zero-order valence-corrected chi connectivity index (χ0v) is 8.70. The summed E-state index contributed by atoms with van der Waals surface area (Å²) in [6.45, 7) is 4.52. The number of nitrogens with two attached hydrogens (primary N) is 2. The van der Waals surface area contributed by atoms with Crippen LogP contribution in [0.15, 0.2) is 18.2 Å². The van der Waals surface area contributed by atoms with Gasteiger partial charge in [0.15, 0.2) is 0 Å². The van der Waals surface area contributed by atoms with Crippen molar-refractivity contribution in [3.8, 4) is 5.75 Å². The van der Waals surface area contributed by atoms with Crippen molar-refractivity contribution in [1.82, 2.24) is 0 Å². The van der Waals surface area contributed by atoms with Crippen molar-refractivity contribution in [3.05, 3.63) is 29.3 Å². The maximum atomic E-state index is 9.63. The Morgan fingerprint density at radius 3 is 2.50 bits per heavy atom. The molecular weight excluding hydrogens is 176 g/mol. The van der Waals surface area contributed by atoms with E-state index >= 15 is 0 Å². The average molecular weight is 194 g/mol. The van der Waals surface area contributed by atoms with Crippen molar-refractivity contribution in [2.45, 2.75) is 26.4 Å². The summed E-state index contributed by atoms with van der Waals surface area (Å²) in [6.07, 6.45) is 0. The molecule has 5 N–H and O–H groups in total. The molecular formula is C11H18N2O. The Kier molecular flexibility index (Phi) is 3.49. The summed E-state index contributed by atoms with van der Waals surface area (Å²) in [5.74, 6) is 0.553. The Hall–Kier alpha value is -1.06. The number of aromatic hydroxyl groups is 1. The first-order valence-corrected chi connectivity index (χ1v) is 4.83. The minimum absolute atomic E-state index is 0.138. The van der Waals surface area contributed by atoms with Crippen molar-refractivity contribution in [2.24, 2.45) is 17.4 Å². The number of hydrogen-bond acceptors (Lipinski definition) is 3. The first-order chi connectivity index (χ1) is 6.56. The van der Waals surface area contributed by atoms with E-state index in [9.17, 15) is 5.11 Å². The molecule has 0 spiro atoms. The lowest BCUT2D eigenvalue weighted by molar-refractivity contribution is 0.439. The predicted octanol–water partition coefficient (Wildman–Crippen LogP) is 1.51. The molecule has 1 atom stereocenters. The smallest absolute Gasteiger partial charge is 0.120 e. The fraction of sp³-hybridized carbons (Fsp3) is 0.455. The van der Waals surface area contributed by atoms with Crippen LogP contribution < -0.4 is 11.5 Å². The zero-order chi connectivity index (χ0) is 10.7. The van der Waals surface area contributed by atoms with Gasteiger partial charge in [-0.2, -0.15) is 0 Å². The molecule has 0 aliphatic heterocycles. The van der Waals surface area contributed by atoms with Gasteiger partial charge in [0.05, 0.1) is 0 Å². The Balaban J connectivity index is 3.05. The lowest BCUT2D eigenvalue weighted by Gasteiger charge is -2.18. The largest absolute Gasteiger partial charge is 0.508 e.